The number of hydrogen-bond acceptors (Lipinski definition) is 6. The summed E-state index contributed by atoms with van der Waals surface area (Å²) in [6.07, 6.45) is 3.07. The van der Waals surface area contributed by atoms with Crippen molar-refractivity contribution in [3.8, 4) is 0 Å². The summed E-state index contributed by atoms with van der Waals surface area (Å²) in [5.74, 6) is -0.512. The van der Waals surface area contributed by atoms with Crippen molar-refractivity contribution in [2.75, 3.05) is 19.3 Å². The van der Waals surface area contributed by atoms with Gasteiger partial charge in [0.2, 0.25) is 5.91 Å². The van der Waals surface area contributed by atoms with E-state index in [1.807, 2.05) is 30.3 Å². The Morgan fingerprint density at radius 2 is 1.78 bits per heavy atom. The van der Waals surface area contributed by atoms with E-state index in [9.17, 15) is 28.1 Å². The summed E-state index contributed by atoms with van der Waals surface area (Å²) in [7, 11) is -3.72. The van der Waals surface area contributed by atoms with E-state index in [1.165, 1.54) is 11.0 Å². The number of nitrogens with one attached hydrogen (secondary N) is 1. The second-order valence-corrected chi connectivity index (χ2v) is 9.88. The molecule has 2 aromatic rings. The van der Waals surface area contributed by atoms with Gasteiger partial charge >= 0.3 is 0 Å². The molecule has 0 saturated carbocycles. The second kappa shape index (κ2) is 9.90. The zero-order valence-corrected chi connectivity index (χ0v) is 18.5. The van der Waals surface area contributed by atoms with Gasteiger partial charge in [0.25, 0.3) is 11.6 Å². The number of non-ortho nitro benzene ring substituents is 1. The number of sulfone groups is 1. The van der Waals surface area contributed by atoms with Crippen molar-refractivity contribution in [1.29, 1.82) is 0 Å². The highest BCUT2D eigenvalue weighted by molar-refractivity contribution is 7.90. The Morgan fingerprint density at radius 1 is 1.12 bits per heavy atom. The van der Waals surface area contributed by atoms with Gasteiger partial charge in [-0.1, -0.05) is 30.3 Å². The quantitative estimate of drug-likeness (QED) is 0.500. The second-order valence-electron chi connectivity index (χ2n) is 7.86. The van der Waals surface area contributed by atoms with Crippen molar-refractivity contribution in [3.63, 3.8) is 0 Å². The molecule has 0 spiro atoms. The molecule has 0 aliphatic carbocycles. The van der Waals surface area contributed by atoms with E-state index in [2.05, 4.69) is 5.32 Å². The van der Waals surface area contributed by atoms with Gasteiger partial charge in [-0.2, -0.15) is 0 Å². The number of nitro benzene ring substituents is 1. The number of likely N-dealkylation sites (tertiary alicyclic amines) is 1. The smallest absolute Gasteiger partial charge is 0.271 e. The molecule has 1 saturated heterocycles. The van der Waals surface area contributed by atoms with E-state index >= 15 is 0 Å². The highest BCUT2D eigenvalue weighted by Crippen LogP contribution is 2.23. The van der Waals surface area contributed by atoms with Gasteiger partial charge in [0.15, 0.2) is 9.84 Å². The largest absolute Gasteiger partial charge is 0.353 e. The van der Waals surface area contributed by atoms with Crippen molar-refractivity contribution < 1.29 is 22.9 Å². The van der Waals surface area contributed by atoms with Crippen LogP contribution < -0.4 is 5.32 Å². The normalized spacial score (nSPS) is 14.7. The van der Waals surface area contributed by atoms with Crippen LogP contribution in [0.25, 0.3) is 0 Å². The van der Waals surface area contributed by atoms with Crippen LogP contribution in [-0.4, -0.2) is 55.4 Å². The fraction of sp³-hybridized carbons (Fsp3) is 0.364. The molecule has 0 aromatic heterocycles. The Bertz CT molecular complexity index is 1110. The molecular weight excluding hydrogens is 434 g/mol. The molecule has 1 fully saturated rings. The first kappa shape index (κ1) is 23.4. The molecule has 9 nitrogen and oxygen atoms in total. The van der Waals surface area contributed by atoms with Crippen LogP contribution in [0.1, 0.15) is 35.2 Å². The number of benzene rings is 2. The number of hydrogen-bond donors (Lipinski definition) is 1. The van der Waals surface area contributed by atoms with Crippen LogP contribution in [0.5, 0.6) is 0 Å². The van der Waals surface area contributed by atoms with Crippen LogP contribution in [0.2, 0.25) is 0 Å². The average Bonchev–Trinajstić information content (AvgIpc) is 2.77. The van der Waals surface area contributed by atoms with Crippen LogP contribution in [0.4, 0.5) is 5.69 Å². The van der Waals surface area contributed by atoms with E-state index in [-0.39, 0.29) is 22.4 Å². The molecule has 2 aromatic carbocycles. The summed E-state index contributed by atoms with van der Waals surface area (Å²) < 4.78 is 23.7. The van der Waals surface area contributed by atoms with Crippen molar-refractivity contribution in [1.82, 2.24) is 10.2 Å². The topological polar surface area (TPSA) is 127 Å². The van der Waals surface area contributed by atoms with Crippen LogP contribution in [0.15, 0.2) is 53.4 Å². The maximum Gasteiger partial charge on any atom is 0.271 e. The molecule has 1 heterocycles. The van der Waals surface area contributed by atoms with Crippen LogP contribution in [-0.2, 0) is 21.1 Å². The van der Waals surface area contributed by atoms with Crippen LogP contribution >= 0.6 is 0 Å². The third kappa shape index (κ3) is 6.13. The number of piperidine rings is 1. The number of carbonyl (C=O) groups excluding carboxylic acids is 2. The molecule has 2 amide bonds. The number of nitro groups is 1. The minimum atomic E-state index is -3.72. The highest BCUT2D eigenvalue weighted by atomic mass is 32.2. The van der Waals surface area contributed by atoms with Crippen LogP contribution in [0.3, 0.4) is 0 Å². The van der Waals surface area contributed by atoms with Gasteiger partial charge in [0.05, 0.1) is 9.82 Å². The van der Waals surface area contributed by atoms with Crippen molar-refractivity contribution >= 4 is 27.3 Å². The van der Waals surface area contributed by atoms with Gasteiger partial charge in [-0.15, -0.1) is 0 Å². The number of nitrogens with zero attached hydrogens (tertiary/aromatic N) is 2. The Hall–Kier alpha value is -3.27. The predicted molar refractivity (Wildman–Crippen MR) is 118 cm³/mol. The number of aryl methyl sites for hydroxylation is 1. The zero-order chi connectivity index (χ0) is 23.3. The lowest BCUT2D eigenvalue weighted by atomic mass is 10.0. The Morgan fingerprint density at radius 3 is 2.38 bits per heavy atom. The summed E-state index contributed by atoms with van der Waals surface area (Å²) in [6, 6.07) is 12.9. The fourth-order valence-corrected chi connectivity index (χ4v) is 4.31. The van der Waals surface area contributed by atoms with Gasteiger partial charge in [-0.3, -0.25) is 19.7 Å². The van der Waals surface area contributed by atoms with Gasteiger partial charge in [0.1, 0.15) is 0 Å². The van der Waals surface area contributed by atoms with Gasteiger partial charge in [0, 0.05) is 49.5 Å². The number of rotatable bonds is 7. The summed E-state index contributed by atoms with van der Waals surface area (Å²) in [5.41, 5.74) is 0.607. The Balaban J connectivity index is 1.58. The molecule has 3 rings (SSSR count). The molecule has 170 valence electrons. The minimum Gasteiger partial charge on any atom is -0.353 e. The summed E-state index contributed by atoms with van der Waals surface area (Å²) in [4.78, 5) is 36.8. The summed E-state index contributed by atoms with van der Waals surface area (Å²) in [5, 5.41) is 14.2. The molecule has 1 aliphatic rings. The van der Waals surface area contributed by atoms with Gasteiger partial charge in [-0.25, -0.2) is 8.42 Å². The maximum absolute atomic E-state index is 12.9. The standard InChI is InChI=1S/C22H25N3O6S/c1-32(30,31)20-14-17(13-19(15-20)25(28)29)22(27)24-11-9-18(10-12-24)23-21(26)8-7-16-5-3-2-4-6-16/h2-6,13-15,18H,7-12H2,1H3,(H,23,26). The first-order valence-corrected chi connectivity index (χ1v) is 12.1. The Labute approximate surface area is 186 Å². The van der Waals surface area contributed by atoms with E-state index in [1.54, 1.807) is 0 Å². The van der Waals surface area contributed by atoms with Crippen LogP contribution in [0, 0.1) is 10.1 Å². The SMILES string of the molecule is CS(=O)(=O)c1cc(C(=O)N2CCC(NC(=O)CCc3ccccc3)CC2)cc([N+](=O)[O-])c1. The van der Waals surface area contributed by atoms with E-state index in [0.29, 0.717) is 38.8 Å². The van der Waals surface area contributed by atoms with Gasteiger partial charge in [-0.05, 0) is 30.9 Å². The number of amides is 2. The Kier molecular flexibility index (Phi) is 7.24. The molecule has 32 heavy (non-hydrogen) atoms. The monoisotopic (exact) mass is 459 g/mol. The molecule has 0 atom stereocenters. The lowest BCUT2D eigenvalue weighted by molar-refractivity contribution is -0.385. The summed E-state index contributed by atoms with van der Waals surface area (Å²) in [6.45, 7) is 0.721. The first-order chi connectivity index (χ1) is 15.1. The number of carbonyl (C=O) groups is 2. The maximum atomic E-state index is 12.9. The molecule has 0 unspecified atom stereocenters. The van der Waals surface area contributed by atoms with E-state index in [4.69, 9.17) is 0 Å². The third-order valence-electron chi connectivity index (χ3n) is 5.41. The summed E-state index contributed by atoms with van der Waals surface area (Å²) >= 11 is 0. The van der Waals surface area contributed by atoms with E-state index < -0.39 is 26.4 Å². The van der Waals surface area contributed by atoms with E-state index in [0.717, 1.165) is 24.0 Å². The lowest BCUT2D eigenvalue weighted by Gasteiger charge is -2.32. The lowest BCUT2D eigenvalue weighted by Crippen LogP contribution is -2.46. The van der Waals surface area contributed by atoms with Crippen molar-refractivity contribution in [3.05, 3.63) is 69.8 Å². The third-order valence-corrected chi connectivity index (χ3v) is 6.50. The average molecular weight is 460 g/mol. The predicted octanol–water partition coefficient (Wildman–Crippen LogP) is 2.35. The van der Waals surface area contributed by atoms with Crippen molar-refractivity contribution in [2.45, 2.75) is 36.6 Å². The highest BCUT2D eigenvalue weighted by Gasteiger charge is 2.27. The zero-order valence-electron chi connectivity index (χ0n) is 17.7. The molecule has 0 bridgehead atoms. The minimum absolute atomic E-state index is 0.0371. The molecule has 10 heteroatoms. The molecular formula is C22H25N3O6S. The van der Waals surface area contributed by atoms with Crippen molar-refractivity contribution in [2.24, 2.45) is 0 Å². The molecule has 0 radical (unpaired) electrons. The molecule has 1 aliphatic heterocycles. The first-order valence-electron chi connectivity index (χ1n) is 10.3. The molecule has 1 N–H and O–H groups in total. The van der Waals surface area contributed by atoms with Gasteiger partial charge < -0.3 is 10.2 Å². The fourth-order valence-electron chi connectivity index (χ4n) is 3.64.